The van der Waals surface area contributed by atoms with E-state index in [2.05, 4.69) is 0 Å². The van der Waals surface area contributed by atoms with Crippen LogP contribution in [0.25, 0.3) is 0 Å². The summed E-state index contributed by atoms with van der Waals surface area (Å²) >= 11 is 0. The smallest absolute Gasteiger partial charge is 0.141 e. The summed E-state index contributed by atoms with van der Waals surface area (Å²) < 4.78 is 23.3. The molecule has 0 aromatic heterocycles. The van der Waals surface area contributed by atoms with Gasteiger partial charge < -0.3 is 0 Å². The number of halogens is 2. The van der Waals surface area contributed by atoms with Gasteiger partial charge in [-0.1, -0.05) is 11.6 Å². The Kier molecular flexibility index (Phi) is 3.93. The highest BCUT2D eigenvalue weighted by atomic mass is 19.2. The number of allylic oxidation sites excluding steroid dienone is 4. The summed E-state index contributed by atoms with van der Waals surface area (Å²) in [6.07, 6.45) is 2.67. The molecular formula is C7H10F2. The molecule has 0 saturated heterocycles. The second kappa shape index (κ2) is 4.24. The van der Waals surface area contributed by atoms with Crippen molar-refractivity contribution in [2.24, 2.45) is 0 Å². The molecule has 0 nitrogen and oxygen atoms in total. The van der Waals surface area contributed by atoms with Crippen molar-refractivity contribution < 1.29 is 8.78 Å². The van der Waals surface area contributed by atoms with Crippen LogP contribution >= 0.6 is 0 Å². The first-order valence-corrected chi connectivity index (χ1v) is 2.72. The summed E-state index contributed by atoms with van der Waals surface area (Å²) in [7, 11) is 0. The van der Waals surface area contributed by atoms with Crippen molar-refractivity contribution in [1.29, 1.82) is 0 Å². The lowest BCUT2D eigenvalue weighted by Gasteiger charge is -1.84. The summed E-state index contributed by atoms with van der Waals surface area (Å²) in [6.45, 7) is 2.63. The topological polar surface area (TPSA) is 0 Å². The molecule has 0 N–H and O–H groups in total. The maximum atomic E-state index is 11.9. The van der Waals surface area contributed by atoms with Gasteiger partial charge in [0.05, 0.1) is 0 Å². The second-order valence-electron chi connectivity index (χ2n) is 1.99. The van der Waals surface area contributed by atoms with Crippen LogP contribution in [0.15, 0.2) is 23.6 Å². The lowest BCUT2D eigenvalue weighted by atomic mass is 10.3. The number of hydrogen-bond donors (Lipinski definition) is 0. The molecule has 0 radical (unpaired) electrons. The van der Waals surface area contributed by atoms with E-state index in [4.69, 9.17) is 0 Å². The van der Waals surface area contributed by atoms with Crippen molar-refractivity contribution in [3.05, 3.63) is 23.6 Å². The first-order chi connectivity index (χ1) is 4.16. The van der Waals surface area contributed by atoms with Crippen LogP contribution in [0.2, 0.25) is 0 Å². The molecule has 0 aliphatic heterocycles. The Labute approximate surface area is 53.9 Å². The summed E-state index contributed by atoms with van der Waals surface area (Å²) in [4.78, 5) is 0. The molecule has 0 rings (SSSR count). The van der Waals surface area contributed by atoms with Crippen molar-refractivity contribution >= 4 is 0 Å². The van der Waals surface area contributed by atoms with Gasteiger partial charge in [-0.25, -0.2) is 8.78 Å². The van der Waals surface area contributed by atoms with Crippen LogP contribution in [0, 0.1) is 0 Å². The zero-order chi connectivity index (χ0) is 7.28. The van der Waals surface area contributed by atoms with Gasteiger partial charge in [0.25, 0.3) is 0 Å². The lowest BCUT2D eigenvalue weighted by Crippen LogP contribution is -1.72. The molecule has 0 fully saturated rings. The van der Waals surface area contributed by atoms with Gasteiger partial charge in [-0.15, -0.1) is 0 Å². The Balaban J connectivity index is 3.83. The van der Waals surface area contributed by atoms with E-state index in [0.717, 1.165) is 11.6 Å². The average Bonchev–Trinajstić information content (AvgIpc) is 1.83. The Bertz CT molecular complexity index is 130. The summed E-state index contributed by atoms with van der Waals surface area (Å²) in [5.74, 6) is -0.726. The zero-order valence-corrected chi connectivity index (χ0v) is 5.62. The molecule has 0 bridgehead atoms. The Hall–Kier alpha value is -0.660. The molecule has 0 amide bonds. The maximum Gasteiger partial charge on any atom is 0.141 e. The van der Waals surface area contributed by atoms with Crippen LogP contribution in [0.1, 0.15) is 13.8 Å². The minimum Gasteiger partial charge on any atom is -0.243 e. The van der Waals surface area contributed by atoms with Crippen LogP contribution in [-0.4, -0.2) is 6.67 Å². The molecule has 0 heterocycles. The lowest BCUT2D eigenvalue weighted by molar-refractivity contribution is 0.459. The largest absolute Gasteiger partial charge is 0.243 e. The average molecular weight is 132 g/mol. The molecule has 0 atom stereocenters. The van der Waals surface area contributed by atoms with Gasteiger partial charge in [0.1, 0.15) is 12.5 Å². The zero-order valence-electron chi connectivity index (χ0n) is 5.62. The summed E-state index contributed by atoms with van der Waals surface area (Å²) in [5, 5.41) is 0. The van der Waals surface area contributed by atoms with E-state index < -0.39 is 12.5 Å². The van der Waals surface area contributed by atoms with Gasteiger partial charge in [-0.3, -0.25) is 0 Å². The third-order valence-corrected chi connectivity index (χ3v) is 0.725. The van der Waals surface area contributed by atoms with E-state index in [-0.39, 0.29) is 0 Å². The predicted octanol–water partition coefficient (Wildman–Crippen LogP) is 2.78. The minimum atomic E-state index is -1.01. The van der Waals surface area contributed by atoms with Gasteiger partial charge in [0.2, 0.25) is 0 Å². The van der Waals surface area contributed by atoms with Crippen LogP contribution < -0.4 is 0 Å². The monoisotopic (exact) mass is 132 g/mol. The van der Waals surface area contributed by atoms with Crippen molar-refractivity contribution in [3.63, 3.8) is 0 Å². The molecule has 9 heavy (non-hydrogen) atoms. The summed E-state index contributed by atoms with van der Waals surface area (Å²) in [6, 6.07) is 0. The molecule has 0 spiro atoms. The molecule has 0 aliphatic carbocycles. The van der Waals surface area contributed by atoms with Gasteiger partial charge in [0.15, 0.2) is 0 Å². The SMILES string of the molecule is CC(C)=CC=C(F)CF. The molecule has 0 aliphatic rings. The number of rotatable bonds is 2. The van der Waals surface area contributed by atoms with E-state index >= 15 is 0 Å². The molecule has 0 saturated carbocycles. The maximum absolute atomic E-state index is 11.9. The van der Waals surface area contributed by atoms with E-state index in [1.807, 2.05) is 13.8 Å². The molecule has 0 aromatic rings. The van der Waals surface area contributed by atoms with Crippen LogP contribution in [-0.2, 0) is 0 Å². The van der Waals surface area contributed by atoms with Gasteiger partial charge in [-0.05, 0) is 19.9 Å². The molecule has 0 aromatic carbocycles. The van der Waals surface area contributed by atoms with Crippen molar-refractivity contribution in [3.8, 4) is 0 Å². The highest BCUT2D eigenvalue weighted by Gasteiger charge is 1.86. The second-order valence-corrected chi connectivity index (χ2v) is 1.99. The fourth-order valence-corrected chi connectivity index (χ4v) is 0.302. The molecule has 0 unspecified atom stereocenters. The van der Waals surface area contributed by atoms with Crippen LogP contribution in [0.3, 0.4) is 0 Å². The molecule has 2 heteroatoms. The van der Waals surface area contributed by atoms with E-state index in [0.29, 0.717) is 0 Å². The van der Waals surface area contributed by atoms with Gasteiger partial charge in [-0.2, -0.15) is 0 Å². The highest BCUT2D eigenvalue weighted by molar-refractivity contribution is 5.11. The number of hydrogen-bond acceptors (Lipinski definition) is 0. The van der Waals surface area contributed by atoms with Gasteiger partial charge in [0, 0.05) is 0 Å². The molecular weight excluding hydrogens is 122 g/mol. The van der Waals surface area contributed by atoms with Crippen molar-refractivity contribution in [2.75, 3.05) is 6.67 Å². The third-order valence-electron chi connectivity index (χ3n) is 0.725. The quantitative estimate of drug-likeness (QED) is 0.507. The third kappa shape index (κ3) is 5.21. The minimum absolute atomic E-state index is 0.726. The molecule has 52 valence electrons. The van der Waals surface area contributed by atoms with E-state index in [9.17, 15) is 8.78 Å². The predicted molar refractivity (Wildman–Crippen MR) is 34.6 cm³/mol. The first kappa shape index (κ1) is 8.34. The Morgan fingerprint density at radius 3 is 2.22 bits per heavy atom. The van der Waals surface area contributed by atoms with E-state index in [1.54, 1.807) is 0 Å². The normalized spacial score (nSPS) is 11.3. The van der Waals surface area contributed by atoms with Crippen LogP contribution in [0.5, 0.6) is 0 Å². The number of alkyl halides is 1. The standard InChI is InChI=1S/C7H10F2/c1-6(2)3-4-7(9)5-8/h3-4H,5H2,1-2H3. The first-order valence-electron chi connectivity index (χ1n) is 2.72. The van der Waals surface area contributed by atoms with Gasteiger partial charge >= 0.3 is 0 Å². The summed E-state index contributed by atoms with van der Waals surface area (Å²) in [5.41, 5.74) is 0.957. The van der Waals surface area contributed by atoms with Crippen LogP contribution in [0.4, 0.5) is 8.78 Å². The van der Waals surface area contributed by atoms with E-state index in [1.165, 1.54) is 6.08 Å². The Morgan fingerprint density at radius 2 is 1.89 bits per heavy atom. The van der Waals surface area contributed by atoms with Crippen molar-refractivity contribution in [2.45, 2.75) is 13.8 Å². The fraction of sp³-hybridized carbons (Fsp3) is 0.429. The highest BCUT2D eigenvalue weighted by Crippen LogP contribution is 1.98. The Morgan fingerprint density at radius 1 is 1.33 bits per heavy atom. The fourth-order valence-electron chi connectivity index (χ4n) is 0.302. The van der Waals surface area contributed by atoms with Crippen molar-refractivity contribution in [1.82, 2.24) is 0 Å².